The third-order valence-electron chi connectivity index (χ3n) is 7.63. The quantitative estimate of drug-likeness (QED) is 0.125. The van der Waals surface area contributed by atoms with E-state index in [9.17, 15) is 9.59 Å². The van der Waals surface area contributed by atoms with E-state index in [1.807, 2.05) is 50.5 Å². The largest absolute Gasteiger partial charge is 0.497 e. The van der Waals surface area contributed by atoms with E-state index in [2.05, 4.69) is 43.5 Å². The smallest absolute Gasteiger partial charge is 0.225 e. The highest BCUT2D eigenvalue weighted by molar-refractivity contribution is 5.91. The fourth-order valence-electron chi connectivity index (χ4n) is 5.30. The van der Waals surface area contributed by atoms with Crippen LogP contribution >= 0.6 is 0 Å². The first kappa shape index (κ1) is 27.2. The van der Waals surface area contributed by atoms with Crippen LogP contribution in [0.2, 0.25) is 0 Å². The van der Waals surface area contributed by atoms with Crippen LogP contribution < -0.4 is 10.1 Å². The molecule has 0 saturated carbocycles. The van der Waals surface area contributed by atoms with Gasteiger partial charge in [-0.2, -0.15) is 0 Å². The van der Waals surface area contributed by atoms with Gasteiger partial charge in [0.05, 0.1) is 31.5 Å². The lowest BCUT2D eigenvalue weighted by atomic mass is 10.0. The Labute approximate surface area is 233 Å². The minimum absolute atomic E-state index is 0.0651. The van der Waals surface area contributed by atoms with Gasteiger partial charge in [-0.25, -0.2) is 4.98 Å². The molecule has 0 radical (unpaired) electrons. The number of Topliss-reactive ketones (excluding diaryl/α,β-unsaturated/α-hetero) is 1. The van der Waals surface area contributed by atoms with Crippen LogP contribution in [0.15, 0.2) is 54.9 Å². The number of aromatic amines is 3. The molecular weight excluding hydrogens is 502 g/mol. The number of ketones is 1. The van der Waals surface area contributed by atoms with Gasteiger partial charge in [-0.1, -0.05) is 25.8 Å². The number of amides is 1. The molecule has 4 N–H and O–H groups in total. The van der Waals surface area contributed by atoms with Crippen molar-refractivity contribution >= 4 is 33.5 Å². The molecule has 0 fully saturated rings. The molecule has 40 heavy (non-hydrogen) atoms. The Balaban J connectivity index is 1.33. The van der Waals surface area contributed by atoms with Crippen molar-refractivity contribution in [3.63, 3.8) is 0 Å². The van der Waals surface area contributed by atoms with Crippen LogP contribution in [0.4, 0.5) is 0 Å². The van der Waals surface area contributed by atoms with Gasteiger partial charge in [0.25, 0.3) is 0 Å². The summed E-state index contributed by atoms with van der Waals surface area (Å²) in [6.45, 7) is 3.89. The normalized spacial score (nSPS) is 12.2. The second-order valence-corrected chi connectivity index (χ2v) is 10.4. The van der Waals surface area contributed by atoms with Crippen LogP contribution in [0, 0.1) is 6.92 Å². The molecule has 5 rings (SSSR count). The number of carbonyl (C=O) groups is 2. The van der Waals surface area contributed by atoms with Crippen LogP contribution in [0.3, 0.4) is 0 Å². The first-order valence-corrected chi connectivity index (χ1v) is 14.0. The van der Waals surface area contributed by atoms with E-state index in [4.69, 9.17) is 4.74 Å². The number of rotatable bonds is 13. The fraction of sp³-hybridized carbons (Fsp3) is 0.344. The van der Waals surface area contributed by atoms with E-state index < -0.39 is 0 Å². The molecule has 0 saturated heterocycles. The van der Waals surface area contributed by atoms with Gasteiger partial charge in [0, 0.05) is 52.1 Å². The summed E-state index contributed by atoms with van der Waals surface area (Å²) in [6, 6.07) is 13.9. The Bertz CT molecular complexity index is 1630. The molecule has 0 aliphatic heterocycles. The number of unbranched alkanes of at least 4 members (excludes halogenated alkanes) is 2. The Morgan fingerprint density at radius 1 is 1.02 bits per heavy atom. The van der Waals surface area contributed by atoms with Crippen molar-refractivity contribution in [2.24, 2.45) is 0 Å². The number of nitrogens with one attached hydrogen (secondary N) is 4. The van der Waals surface area contributed by atoms with Gasteiger partial charge in [0.2, 0.25) is 5.91 Å². The molecule has 8 heteroatoms. The fourth-order valence-corrected chi connectivity index (χ4v) is 5.30. The van der Waals surface area contributed by atoms with Crippen molar-refractivity contribution in [1.29, 1.82) is 0 Å². The number of hydrogen-bond donors (Lipinski definition) is 4. The van der Waals surface area contributed by atoms with E-state index in [1.165, 1.54) is 0 Å². The van der Waals surface area contributed by atoms with Crippen molar-refractivity contribution < 1.29 is 14.3 Å². The maximum Gasteiger partial charge on any atom is 0.225 e. The second-order valence-electron chi connectivity index (χ2n) is 10.4. The average molecular weight is 540 g/mol. The van der Waals surface area contributed by atoms with Gasteiger partial charge in [-0.3, -0.25) is 9.59 Å². The van der Waals surface area contributed by atoms with Gasteiger partial charge in [-0.05, 0) is 61.7 Å². The van der Waals surface area contributed by atoms with E-state index in [0.717, 1.165) is 81.6 Å². The highest BCUT2D eigenvalue weighted by Crippen LogP contribution is 2.28. The summed E-state index contributed by atoms with van der Waals surface area (Å²) in [7, 11) is 1.64. The molecule has 208 valence electrons. The first-order chi connectivity index (χ1) is 19.4. The maximum atomic E-state index is 13.4. The van der Waals surface area contributed by atoms with Crippen molar-refractivity contribution in [3.8, 4) is 17.0 Å². The van der Waals surface area contributed by atoms with Crippen LogP contribution in [-0.4, -0.2) is 38.7 Å². The van der Waals surface area contributed by atoms with Crippen molar-refractivity contribution in [2.45, 2.75) is 64.8 Å². The number of carbonyl (C=O) groups excluding carboxylic acids is 2. The lowest BCUT2D eigenvalue weighted by molar-refractivity contribution is -0.121. The maximum absolute atomic E-state index is 13.4. The Morgan fingerprint density at radius 3 is 2.70 bits per heavy atom. The zero-order valence-corrected chi connectivity index (χ0v) is 23.4. The molecular formula is C32H37N5O3. The summed E-state index contributed by atoms with van der Waals surface area (Å²) >= 11 is 0. The molecule has 1 atom stereocenters. The molecule has 0 bridgehead atoms. The number of benzene rings is 2. The van der Waals surface area contributed by atoms with E-state index >= 15 is 0 Å². The van der Waals surface area contributed by atoms with E-state index in [-0.39, 0.29) is 18.4 Å². The molecule has 0 aliphatic rings. The number of methoxy groups -OCH3 is 1. The predicted octanol–water partition coefficient (Wildman–Crippen LogP) is 6.69. The molecule has 3 aromatic heterocycles. The van der Waals surface area contributed by atoms with Gasteiger partial charge < -0.3 is 25.0 Å². The standard InChI is InChI=1S/C32H37N5O3/c1-4-23(38)8-6-5-7-9-29(32-34-19-30(37-32)21-10-12-27-22(16-21)14-15-33-27)36-31(39)18-25-20(2)35-28-13-11-24(40-3)17-26(25)28/h10-17,19,29,33,35H,4-9,18H2,1-3H3,(H,34,37)(H,36,39). The van der Waals surface area contributed by atoms with Crippen LogP contribution in [-0.2, 0) is 16.0 Å². The summed E-state index contributed by atoms with van der Waals surface area (Å²) in [6.07, 6.45) is 8.62. The number of aromatic nitrogens is 4. The van der Waals surface area contributed by atoms with Crippen LogP contribution in [0.25, 0.3) is 33.1 Å². The molecule has 1 amide bonds. The highest BCUT2D eigenvalue weighted by atomic mass is 16.5. The Kier molecular flexibility index (Phi) is 8.34. The van der Waals surface area contributed by atoms with Crippen molar-refractivity contribution in [3.05, 3.63) is 71.9 Å². The molecule has 3 heterocycles. The topological polar surface area (TPSA) is 116 Å². The average Bonchev–Trinajstić information content (AvgIpc) is 3.70. The molecule has 0 aliphatic carbocycles. The SMILES string of the molecule is CCC(=O)CCCCCC(NC(=O)Cc1c(C)[nH]c2ccc(OC)cc12)c1ncc(-c2ccc3[nH]ccc3c2)[nH]1. The van der Waals surface area contributed by atoms with E-state index in [1.54, 1.807) is 7.11 Å². The number of H-pyrrole nitrogens is 3. The molecule has 0 spiro atoms. The van der Waals surface area contributed by atoms with Gasteiger partial charge in [-0.15, -0.1) is 0 Å². The number of ether oxygens (including phenoxy) is 1. The lowest BCUT2D eigenvalue weighted by Crippen LogP contribution is -2.30. The molecule has 8 nitrogen and oxygen atoms in total. The van der Waals surface area contributed by atoms with Crippen molar-refractivity contribution in [2.75, 3.05) is 7.11 Å². The number of aryl methyl sites for hydroxylation is 1. The van der Waals surface area contributed by atoms with E-state index in [0.29, 0.717) is 18.6 Å². The summed E-state index contributed by atoms with van der Waals surface area (Å²) in [5.41, 5.74) is 5.94. The number of fused-ring (bicyclic) bond motifs is 2. The van der Waals surface area contributed by atoms with Gasteiger partial charge >= 0.3 is 0 Å². The summed E-state index contributed by atoms with van der Waals surface area (Å²) in [4.78, 5) is 39.9. The summed E-state index contributed by atoms with van der Waals surface area (Å²) < 4.78 is 5.41. The minimum Gasteiger partial charge on any atom is -0.497 e. The summed E-state index contributed by atoms with van der Waals surface area (Å²) in [5, 5.41) is 5.36. The highest BCUT2D eigenvalue weighted by Gasteiger charge is 2.20. The number of imidazole rings is 1. The zero-order chi connectivity index (χ0) is 28.1. The molecule has 5 aromatic rings. The molecule has 1 unspecified atom stereocenters. The Hall–Kier alpha value is -4.33. The number of hydrogen-bond acceptors (Lipinski definition) is 4. The van der Waals surface area contributed by atoms with Crippen molar-refractivity contribution in [1.82, 2.24) is 25.3 Å². The third-order valence-corrected chi connectivity index (χ3v) is 7.63. The monoisotopic (exact) mass is 539 g/mol. The van der Waals surface area contributed by atoms with Gasteiger partial charge in [0.15, 0.2) is 0 Å². The lowest BCUT2D eigenvalue weighted by Gasteiger charge is -2.17. The first-order valence-electron chi connectivity index (χ1n) is 14.0. The minimum atomic E-state index is -0.265. The zero-order valence-electron chi connectivity index (χ0n) is 23.4. The Morgan fingerprint density at radius 2 is 1.88 bits per heavy atom. The predicted molar refractivity (Wildman–Crippen MR) is 158 cm³/mol. The van der Waals surface area contributed by atoms with Crippen LogP contribution in [0.1, 0.15) is 68.6 Å². The number of nitrogens with zero attached hydrogens (tertiary/aromatic N) is 1. The second kappa shape index (κ2) is 12.2. The molecule has 2 aromatic carbocycles. The van der Waals surface area contributed by atoms with Crippen LogP contribution in [0.5, 0.6) is 5.75 Å². The third kappa shape index (κ3) is 6.11. The summed E-state index contributed by atoms with van der Waals surface area (Å²) in [5.74, 6) is 1.73. The van der Waals surface area contributed by atoms with Gasteiger partial charge in [0.1, 0.15) is 17.4 Å².